The molecule has 19 heavy (non-hydrogen) atoms. The Balaban J connectivity index is 2.44. The van der Waals surface area contributed by atoms with E-state index in [1.165, 1.54) is 4.31 Å². The molecule has 2 N–H and O–H groups in total. The zero-order chi connectivity index (χ0) is 14.2. The monoisotopic (exact) mass is 300 g/mol. The quantitative estimate of drug-likeness (QED) is 0.867. The molecule has 0 amide bonds. The second-order valence-electron chi connectivity index (χ2n) is 5.02. The van der Waals surface area contributed by atoms with Crippen molar-refractivity contribution in [3.63, 3.8) is 0 Å². The standard InChI is InChI=1S/C13H20N2O2S2/c1-9-6-12(14)10(2)13(7-9)19(16,17)15(3)11-4-5-18-8-11/h6-7,11H,4-5,8,14H2,1-3H3. The van der Waals surface area contributed by atoms with Crippen molar-refractivity contribution in [2.75, 3.05) is 24.3 Å². The van der Waals surface area contributed by atoms with Crippen LogP contribution in [0.5, 0.6) is 0 Å². The van der Waals surface area contributed by atoms with Crippen LogP contribution in [0.25, 0.3) is 0 Å². The van der Waals surface area contributed by atoms with Gasteiger partial charge in [0.1, 0.15) is 0 Å². The summed E-state index contributed by atoms with van der Waals surface area (Å²) < 4.78 is 26.9. The fourth-order valence-electron chi connectivity index (χ4n) is 2.28. The van der Waals surface area contributed by atoms with Crippen molar-refractivity contribution in [1.29, 1.82) is 0 Å². The zero-order valence-corrected chi connectivity index (χ0v) is 13.1. The van der Waals surface area contributed by atoms with Crippen LogP contribution in [0.4, 0.5) is 5.69 Å². The number of hydrogen-bond donors (Lipinski definition) is 1. The van der Waals surface area contributed by atoms with E-state index in [-0.39, 0.29) is 6.04 Å². The number of hydrogen-bond acceptors (Lipinski definition) is 4. The molecule has 4 nitrogen and oxygen atoms in total. The molecule has 0 bridgehead atoms. The molecule has 0 aliphatic carbocycles. The molecule has 0 aromatic heterocycles. The lowest BCUT2D eigenvalue weighted by atomic mass is 10.1. The van der Waals surface area contributed by atoms with Crippen molar-refractivity contribution in [3.05, 3.63) is 23.3 Å². The summed E-state index contributed by atoms with van der Waals surface area (Å²) in [5.74, 6) is 1.90. The number of aryl methyl sites for hydroxylation is 1. The molecule has 6 heteroatoms. The molecule has 1 aliphatic heterocycles. The van der Waals surface area contributed by atoms with Gasteiger partial charge in [0, 0.05) is 24.5 Å². The Hall–Kier alpha value is -0.720. The van der Waals surface area contributed by atoms with Gasteiger partial charge in [0.2, 0.25) is 10.0 Å². The highest BCUT2D eigenvalue weighted by atomic mass is 32.2. The molecule has 1 unspecified atom stereocenters. The number of anilines is 1. The fraction of sp³-hybridized carbons (Fsp3) is 0.538. The number of sulfonamides is 1. The Morgan fingerprint density at radius 2 is 2.05 bits per heavy atom. The predicted molar refractivity (Wildman–Crippen MR) is 81.0 cm³/mol. The summed E-state index contributed by atoms with van der Waals surface area (Å²) in [7, 11) is -1.79. The number of benzene rings is 1. The van der Waals surface area contributed by atoms with Gasteiger partial charge in [-0.25, -0.2) is 8.42 Å². The highest BCUT2D eigenvalue weighted by Crippen LogP contribution is 2.29. The normalized spacial score (nSPS) is 20.1. The smallest absolute Gasteiger partial charge is 0.243 e. The molecule has 1 fully saturated rings. The minimum atomic E-state index is -3.46. The molecular weight excluding hydrogens is 280 g/mol. The third kappa shape index (κ3) is 2.75. The Morgan fingerprint density at radius 3 is 2.63 bits per heavy atom. The third-order valence-corrected chi connectivity index (χ3v) is 6.80. The van der Waals surface area contributed by atoms with Gasteiger partial charge < -0.3 is 5.73 Å². The van der Waals surface area contributed by atoms with Gasteiger partial charge in [0.25, 0.3) is 0 Å². The molecular formula is C13H20N2O2S2. The molecule has 1 aliphatic rings. The van der Waals surface area contributed by atoms with E-state index in [0.717, 1.165) is 23.5 Å². The molecule has 0 radical (unpaired) electrons. The van der Waals surface area contributed by atoms with Gasteiger partial charge in [-0.1, -0.05) is 0 Å². The van der Waals surface area contributed by atoms with Crippen LogP contribution >= 0.6 is 11.8 Å². The maximum Gasteiger partial charge on any atom is 0.243 e. The van der Waals surface area contributed by atoms with Crippen LogP contribution in [0.1, 0.15) is 17.5 Å². The number of nitrogens with two attached hydrogens (primary N) is 1. The Kier molecular flexibility index (Phi) is 4.13. The van der Waals surface area contributed by atoms with E-state index in [1.54, 1.807) is 37.9 Å². The van der Waals surface area contributed by atoms with Gasteiger partial charge in [0.05, 0.1) is 4.90 Å². The van der Waals surface area contributed by atoms with Crippen molar-refractivity contribution in [1.82, 2.24) is 4.31 Å². The Bertz CT molecular complexity index is 579. The summed E-state index contributed by atoms with van der Waals surface area (Å²) in [6, 6.07) is 3.61. The van der Waals surface area contributed by atoms with Crippen molar-refractivity contribution in [2.45, 2.75) is 31.2 Å². The summed E-state index contributed by atoms with van der Waals surface area (Å²) in [5.41, 5.74) is 7.93. The van der Waals surface area contributed by atoms with Gasteiger partial charge in [-0.15, -0.1) is 0 Å². The van der Waals surface area contributed by atoms with Crippen LogP contribution in [0.15, 0.2) is 17.0 Å². The van der Waals surface area contributed by atoms with Crippen molar-refractivity contribution >= 4 is 27.5 Å². The molecule has 1 saturated heterocycles. The molecule has 106 valence electrons. The van der Waals surface area contributed by atoms with E-state index < -0.39 is 10.0 Å². The maximum absolute atomic E-state index is 12.7. The minimum Gasteiger partial charge on any atom is -0.398 e. The summed E-state index contributed by atoms with van der Waals surface area (Å²) >= 11 is 1.80. The van der Waals surface area contributed by atoms with Gasteiger partial charge in [-0.3, -0.25) is 0 Å². The second kappa shape index (κ2) is 5.34. The van der Waals surface area contributed by atoms with Crippen molar-refractivity contribution < 1.29 is 8.42 Å². The molecule has 1 heterocycles. The first kappa shape index (κ1) is 14.7. The SMILES string of the molecule is Cc1cc(N)c(C)c(S(=O)(=O)N(C)C2CCSC2)c1. The highest BCUT2D eigenvalue weighted by molar-refractivity contribution is 7.99. The lowest BCUT2D eigenvalue weighted by molar-refractivity contribution is 0.394. The summed E-state index contributed by atoms with van der Waals surface area (Å²) in [6.07, 6.45) is 0.917. The van der Waals surface area contributed by atoms with E-state index in [2.05, 4.69) is 0 Å². The van der Waals surface area contributed by atoms with E-state index in [0.29, 0.717) is 16.1 Å². The predicted octanol–water partition coefficient (Wildman–Crippen LogP) is 2.01. The molecule has 1 atom stereocenters. The highest BCUT2D eigenvalue weighted by Gasteiger charge is 2.31. The lowest BCUT2D eigenvalue weighted by Crippen LogP contribution is -2.37. The van der Waals surface area contributed by atoms with Crippen molar-refractivity contribution in [2.24, 2.45) is 0 Å². The summed E-state index contributed by atoms with van der Waals surface area (Å²) in [5, 5.41) is 0. The first-order valence-electron chi connectivity index (χ1n) is 6.26. The van der Waals surface area contributed by atoms with Gasteiger partial charge in [0.15, 0.2) is 0 Å². The molecule has 0 saturated carbocycles. The van der Waals surface area contributed by atoms with Crippen LogP contribution in [0.2, 0.25) is 0 Å². The van der Waals surface area contributed by atoms with Crippen LogP contribution in [0.3, 0.4) is 0 Å². The molecule has 0 spiro atoms. The van der Waals surface area contributed by atoms with Crippen LogP contribution in [0, 0.1) is 13.8 Å². The average Bonchev–Trinajstić information content (AvgIpc) is 2.86. The second-order valence-corrected chi connectivity index (χ2v) is 8.13. The lowest BCUT2D eigenvalue weighted by Gasteiger charge is -2.24. The molecule has 1 aromatic rings. The van der Waals surface area contributed by atoms with Gasteiger partial charge in [-0.05, 0) is 49.3 Å². The van der Waals surface area contributed by atoms with E-state index >= 15 is 0 Å². The fourth-order valence-corrected chi connectivity index (χ4v) is 5.37. The van der Waals surface area contributed by atoms with E-state index in [4.69, 9.17) is 5.73 Å². The largest absolute Gasteiger partial charge is 0.398 e. The number of thioether (sulfide) groups is 1. The molecule has 2 rings (SSSR count). The first-order chi connectivity index (χ1) is 8.84. The van der Waals surface area contributed by atoms with Crippen LogP contribution in [-0.4, -0.2) is 37.3 Å². The Labute approximate surface area is 119 Å². The topological polar surface area (TPSA) is 63.4 Å². The van der Waals surface area contributed by atoms with Crippen LogP contribution < -0.4 is 5.73 Å². The summed E-state index contributed by atoms with van der Waals surface area (Å²) in [4.78, 5) is 0.337. The summed E-state index contributed by atoms with van der Waals surface area (Å²) in [6.45, 7) is 3.62. The van der Waals surface area contributed by atoms with E-state index in [9.17, 15) is 8.42 Å². The van der Waals surface area contributed by atoms with Crippen LogP contribution in [-0.2, 0) is 10.0 Å². The minimum absolute atomic E-state index is 0.0936. The van der Waals surface area contributed by atoms with Crippen molar-refractivity contribution in [3.8, 4) is 0 Å². The average molecular weight is 300 g/mol. The van der Waals surface area contributed by atoms with Gasteiger partial charge >= 0.3 is 0 Å². The number of nitrogen functional groups attached to an aromatic ring is 1. The van der Waals surface area contributed by atoms with Gasteiger partial charge in [-0.2, -0.15) is 16.1 Å². The van der Waals surface area contributed by atoms with E-state index in [1.807, 2.05) is 6.92 Å². The third-order valence-electron chi connectivity index (χ3n) is 3.62. The Morgan fingerprint density at radius 1 is 1.37 bits per heavy atom. The molecule has 1 aromatic carbocycles. The number of rotatable bonds is 3. The first-order valence-corrected chi connectivity index (χ1v) is 8.86. The number of nitrogens with zero attached hydrogens (tertiary/aromatic N) is 1. The maximum atomic E-state index is 12.7. The zero-order valence-electron chi connectivity index (χ0n) is 11.5.